The fraction of sp³-hybridized carbons (Fsp3) is 0.500. The molecule has 1 aromatic rings. The maximum absolute atomic E-state index is 12.0. The van der Waals surface area contributed by atoms with Crippen LogP contribution in [0, 0.1) is 0 Å². The molecule has 0 radical (unpaired) electrons. The first-order valence-electron chi connectivity index (χ1n) is 7.26. The van der Waals surface area contributed by atoms with Crippen LogP contribution in [0.4, 0.5) is 0 Å². The highest BCUT2D eigenvalue weighted by molar-refractivity contribution is 6.30. The SMILES string of the molecule is CCC(CC)(CN)NC(=O)CCC(=O)c1ccc(Cl)cc1. The number of Topliss-reactive ketones (excluding diaryl/α,β-unsaturated/α-hetero) is 1. The van der Waals surface area contributed by atoms with E-state index in [2.05, 4.69) is 5.32 Å². The summed E-state index contributed by atoms with van der Waals surface area (Å²) in [4.78, 5) is 24.0. The molecule has 3 N–H and O–H groups in total. The molecule has 1 amide bonds. The van der Waals surface area contributed by atoms with E-state index in [0.29, 0.717) is 17.1 Å². The Hall–Kier alpha value is -1.39. The molecule has 0 bridgehead atoms. The summed E-state index contributed by atoms with van der Waals surface area (Å²) in [5.41, 5.74) is 5.96. The van der Waals surface area contributed by atoms with E-state index in [-0.39, 0.29) is 30.1 Å². The highest BCUT2D eigenvalue weighted by Gasteiger charge is 2.26. The van der Waals surface area contributed by atoms with E-state index in [1.807, 2.05) is 13.8 Å². The van der Waals surface area contributed by atoms with Crippen molar-refractivity contribution in [3.8, 4) is 0 Å². The number of hydrogen-bond donors (Lipinski definition) is 2. The molecule has 0 unspecified atom stereocenters. The first-order valence-corrected chi connectivity index (χ1v) is 7.64. The second kappa shape index (κ2) is 8.15. The van der Waals surface area contributed by atoms with Gasteiger partial charge < -0.3 is 11.1 Å². The maximum atomic E-state index is 12.0. The van der Waals surface area contributed by atoms with Crippen LogP contribution < -0.4 is 11.1 Å². The molecule has 0 saturated heterocycles. The molecule has 0 aromatic heterocycles. The summed E-state index contributed by atoms with van der Waals surface area (Å²) in [6, 6.07) is 6.68. The molecule has 0 aliphatic rings. The van der Waals surface area contributed by atoms with Crippen LogP contribution >= 0.6 is 11.6 Å². The monoisotopic (exact) mass is 310 g/mol. The Labute approximate surface area is 131 Å². The molecule has 0 aliphatic carbocycles. The van der Waals surface area contributed by atoms with Gasteiger partial charge in [-0.3, -0.25) is 9.59 Å². The van der Waals surface area contributed by atoms with Crippen molar-refractivity contribution in [2.45, 2.75) is 45.1 Å². The van der Waals surface area contributed by atoms with Gasteiger partial charge in [-0.25, -0.2) is 0 Å². The molecule has 21 heavy (non-hydrogen) atoms. The lowest BCUT2D eigenvalue weighted by atomic mass is 9.92. The van der Waals surface area contributed by atoms with Crippen molar-refractivity contribution in [2.75, 3.05) is 6.54 Å². The number of rotatable bonds is 8. The Morgan fingerprint density at radius 2 is 1.71 bits per heavy atom. The quantitative estimate of drug-likeness (QED) is 0.725. The molecule has 1 rings (SSSR count). The van der Waals surface area contributed by atoms with Gasteiger partial charge in [-0.05, 0) is 37.1 Å². The molecule has 0 saturated carbocycles. The molecular formula is C16H23ClN2O2. The van der Waals surface area contributed by atoms with Gasteiger partial charge in [0.05, 0.1) is 5.54 Å². The lowest BCUT2D eigenvalue weighted by Crippen LogP contribution is -2.52. The molecule has 116 valence electrons. The van der Waals surface area contributed by atoms with Gasteiger partial charge in [0.15, 0.2) is 5.78 Å². The van der Waals surface area contributed by atoms with Gasteiger partial charge >= 0.3 is 0 Å². The Bertz CT molecular complexity index is 473. The molecule has 0 atom stereocenters. The third-order valence-corrected chi connectivity index (χ3v) is 4.15. The fourth-order valence-corrected chi connectivity index (χ4v) is 2.26. The Morgan fingerprint density at radius 3 is 2.19 bits per heavy atom. The van der Waals surface area contributed by atoms with Crippen LogP contribution in [0.25, 0.3) is 0 Å². The van der Waals surface area contributed by atoms with Gasteiger partial charge in [-0.2, -0.15) is 0 Å². The average molecular weight is 311 g/mol. The number of ketones is 1. The third-order valence-electron chi connectivity index (χ3n) is 3.89. The topological polar surface area (TPSA) is 72.2 Å². The first-order chi connectivity index (χ1) is 9.96. The van der Waals surface area contributed by atoms with Crippen molar-refractivity contribution in [3.05, 3.63) is 34.9 Å². The van der Waals surface area contributed by atoms with Crippen LogP contribution in [-0.2, 0) is 4.79 Å². The van der Waals surface area contributed by atoms with E-state index >= 15 is 0 Å². The molecule has 0 fully saturated rings. The van der Waals surface area contributed by atoms with E-state index in [4.69, 9.17) is 17.3 Å². The molecule has 0 spiro atoms. The van der Waals surface area contributed by atoms with Crippen molar-refractivity contribution in [1.29, 1.82) is 0 Å². The Kier molecular flexibility index (Phi) is 6.85. The van der Waals surface area contributed by atoms with Gasteiger partial charge in [0.1, 0.15) is 0 Å². The van der Waals surface area contributed by atoms with E-state index in [1.165, 1.54) is 0 Å². The largest absolute Gasteiger partial charge is 0.349 e. The predicted octanol–water partition coefficient (Wildman–Crippen LogP) is 2.94. The van der Waals surface area contributed by atoms with Crippen LogP contribution in [0.15, 0.2) is 24.3 Å². The molecule has 5 heteroatoms. The summed E-state index contributed by atoms with van der Waals surface area (Å²) in [6.45, 7) is 4.39. The summed E-state index contributed by atoms with van der Waals surface area (Å²) in [5.74, 6) is -0.195. The van der Waals surface area contributed by atoms with E-state index < -0.39 is 0 Å². The lowest BCUT2D eigenvalue weighted by molar-refractivity contribution is -0.123. The number of halogens is 1. The fourth-order valence-electron chi connectivity index (χ4n) is 2.13. The summed E-state index contributed by atoms with van der Waals surface area (Å²) < 4.78 is 0. The van der Waals surface area contributed by atoms with Crippen molar-refractivity contribution in [2.24, 2.45) is 5.73 Å². The number of carbonyl (C=O) groups is 2. The molecule has 1 aromatic carbocycles. The third kappa shape index (κ3) is 5.14. The summed E-state index contributed by atoms with van der Waals surface area (Å²) in [6.07, 6.45) is 1.90. The summed E-state index contributed by atoms with van der Waals surface area (Å²) >= 11 is 5.78. The minimum Gasteiger partial charge on any atom is -0.349 e. The molecule has 0 heterocycles. The highest BCUT2D eigenvalue weighted by atomic mass is 35.5. The van der Waals surface area contributed by atoms with Crippen molar-refractivity contribution in [3.63, 3.8) is 0 Å². The smallest absolute Gasteiger partial charge is 0.220 e. The summed E-state index contributed by atoms with van der Waals surface area (Å²) in [5, 5.41) is 3.54. The number of benzene rings is 1. The van der Waals surface area contributed by atoms with Crippen molar-refractivity contribution < 1.29 is 9.59 Å². The zero-order valence-electron chi connectivity index (χ0n) is 12.6. The van der Waals surface area contributed by atoms with Crippen molar-refractivity contribution in [1.82, 2.24) is 5.32 Å². The minimum absolute atomic E-state index is 0.0619. The zero-order valence-corrected chi connectivity index (χ0v) is 13.4. The molecular weight excluding hydrogens is 288 g/mol. The second-order valence-electron chi connectivity index (χ2n) is 5.17. The maximum Gasteiger partial charge on any atom is 0.220 e. The van der Waals surface area contributed by atoms with Crippen LogP contribution in [0.1, 0.15) is 49.9 Å². The zero-order chi connectivity index (χ0) is 15.9. The number of nitrogens with one attached hydrogen (secondary N) is 1. The second-order valence-corrected chi connectivity index (χ2v) is 5.61. The van der Waals surface area contributed by atoms with Gasteiger partial charge in [0, 0.05) is 30.0 Å². The summed E-state index contributed by atoms with van der Waals surface area (Å²) in [7, 11) is 0. The number of amides is 1. The number of hydrogen-bond acceptors (Lipinski definition) is 3. The molecule has 4 nitrogen and oxygen atoms in total. The standard InChI is InChI=1S/C16H23ClN2O2/c1-3-16(4-2,11-18)19-15(21)10-9-14(20)12-5-7-13(17)8-6-12/h5-8H,3-4,9-11,18H2,1-2H3,(H,19,21). The number of carbonyl (C=O) groups excluding carboxylic acids is 2. The minimum atomic E-state index is -0.361. The first kappa shape index (κ1) is 17.7. The Balaban J connectivity index is 2.53. The Morgan fingerprint density at radius 1 is 1.14 bits per heavy atom. The molecule has 0 aliphatic heterocycles. The van der Waals surface area contributed by atoms with E-state index in [1.54, 1.807) is 24.3 Å². The van der Waals surface area contributed by atoms with Crippen LogP contribution in [0.5, 0.6) is 0 Å². The van der Waals surface area contributed by atoms with Gasteiger partial charge in [0.2, 0.25) is 5.91 Å². The van der Waals surface area contributed by atoms with Gasteiger partial charge in [-0.1, -0.05) is 25.4 Å². The lowest BCUT2D eigenvalue weighted by Gasteiger charge is -2.31. The van der Waals surface area contributed by atoms with Gasteiger partial charge in [0.25, 0.3) is 0 Å². The van der Waals surface area contributed by atoms with Crippen LogP contribution in [-0.4, -0.2) is 23.8 Å². The highest BCUT2D eigenvalue weighted by Crippen LogP contribution is 2.15. The van der Waals surface area contributed by atoms with E-state index in [0.717, 1.165) is 12.8 Å². The normalized spacial score (nSPS) is 11.2. The van der Waals surface area contributed by atoms with Gasteiger partial charge in [-0.15, -0.1) is 0 Å². The number of nitrogens with two attached hydrogens (primary N) is 1. The average Bonchev–Trinajstić information content (AvgIpc) is 2.51. The van der Waals surface area contributed by atoms with Crippen LogP contribution in [0.3, 0.4) is 0 Å². The van der Waals surface area contributed by atoms with Crippen LogP contribution in [0.2, 0.25) is 5.02 Å². The van der Waals surface area contributed by atoms with E-state index in [9.17, 15) is 9.59 Å². The predicted molar refractivity (Wildman–Crippen MR) is 85.5 cm³/mol. The van der Waals surface area contributed by atoms with Crippen molar-refractivity contribution >= 4 is 23.3 Å².